The summed E-state index contributed by atoms with van der Waals surface area (Å²) in [7, 11) is 1.90. The van der Waals surface area contributed by atoms with Crippen molar-refractivity contribution in [2.45, 2.75) is 39.7 Å². The van der Waals surface area contributed by atoms with Crippen LogP contribution in [0.2, 0.25) is 0 Å². The van der Waals surface area contributed by atoms with Gasteiger partial charge < -0.3 is 5.32 Å². The van der Waals surface area contributed by atoms with E-state index in [9.17, 15) is 4.79 Å². The number of nitrogens with one attached hydrogen (secondary N) is 1. The Kier molecular flexibility index (Phi) is 4.34. The molecule has 0 spiro atoms. The topological polar surface area (TPSA) is 46.9 Å². The van der Waals surface area contributed by atoms with E-state index in [0.717, 1.165) is 24.1 Å². The lowest BCUT2D eigenvalue weighted by atomic mass is 10.2. The first-order valence-electron chi connectivity index (χ1n) is 5.45. The van der Waals surface area contributed by atoms with Crippen LogP contribution in [-0.4, -0.2) is 15.7 Å². The van der Waals surface area contributed by atoms with Gasteiger partial charge in [-0.15, -0.1) is 0 Å². The molecule has 4 heteroatoms. The molecule has 1 amide bonds. The van der Waals surface area contributed by atoms with E-state index in [4.69, 9.17) is 0 Å². The second kappa shape index (κ2) is 5.53. The van der Waals surface area contributed by atoms with E-state index >= 15 is 0 Å². The Hall–Kier alpha value is -1.32. The van der Waals surface area contributed by atoms with E-state index in [2.05, 4.69) is 17.3 Å². The summed E-state index contributed by atoms with van der Waals surface area (Å²) in [5.41, 5.74) is 2.18. The van der Waals surface area contributed by atoms with Gasteiger partial charge in [0, 0.05) is 31.8 Å². The number of aromatic nitrogens is 2. The van der Waals surface area contributed by atoms with Gasteiger partial charge in [0.25, 0.3) is 0 Å². The average molecular weight is 209 g/mol. The van der Waals surface area contributed by atoms with Crippen LogP contribution in [0.5, 0.6) is 0 Å². The molecule has 0 aliphatic rings. The normalized spacial score (nSPS) is 10.3. The van der Waals surface area contributed by atoms with E-state index in [-0.39, 0.29) is 5.91 Å². The minimum Gasteiger partial charge on any atom is -0.352 e. The van der Waals surface area contributed by atoms with Crippen LogP contribution in [0.25, 0.3) is 0 Å². The van der Waals surface area contributed by atoms with Crippen LogP contribution in [0, 0.1) is 0 Å². The standard InChI is InChI=1S/C11H19N3O/c1-4-6-11(15)12-7-9-8-14(3)13-10(9)5-2/h8H,4-7H2,1-3H3,(H,12,15). The minimum atomic E-state index is 0.114. The van der Waals surface area contributed by atoms with Gasteiger partial charge in [-0.25, -0.2) is 0 Å². The highest BCUT2D eigenvalue weighted by atomic mass is 16.1. The molecule has 0 bridgehead atoms. The fourth-order valence-electron chi connectivity index (χ4n) is 1.54. The van der Waals surface area contributed by atoms with E-state index in [1.54, 1.807) is 4.68 Å². The molecule has 84 valence electrons. The fourth-order valence-corrected chi connectivity index (χ4v) is 1.54. The van der Waals surface area contributed by atoms with Gasteiger partial charge in [-0.2, -0.15) is 5.10 Å². The van der Waals surface area contributed by atoms with Crippen molar-refractivity contribution in [1.82, 2.24) is 15.1 Å². The Bertz CT molecular complexity index is 331. The van der Waals surface area contributed by atoms with Crippen molar-refractivity contribution in [1.29, 1.82) is 0 Å². The zero-order chi connectivity index (χ0) is 11.3. The second-order valence-corrected chi connectivity index (χ2v) is 3.65. The third kappa shape index (κ3) is 3.38. The van der Waals surface area contributed by atoms with Crippen molar-refractivity contribution < 1.29 is 4.79 Å². The SMILES string of the molecule is CCCC(=O)NCc1cn(C)nc1CC. The molecule has 0 fully saturated rings. The van der Waals surface area contributed by atoms with Crippen molar-refractivity contribution in [2.75, 3.05) is 0 Å². The van der Waals surface area contributed by atoms with Crippen molar-refractivity contribution >= 4 is 5.91 Å². The monoisotopic (exact) mass is 209 g/mol. The van der Waals surface area contributed by atoms with Gasteiger partial charge in [0.2, 0.25) is 5.91 Å². The van der Waals surface area contributed by atoms with Gasteiger partial charge in [0.1, 0.15) is 0 Å². The highest BCUT2D eigenvalue weighted by Gasteiger charge is 2.06. The maximum atomic E-state index is 11.3. The summed E-state index contributed by atoms with van der Waals surface area (Å²) < 4.78 is 1.79. The summed E-state index contributed by atoms with van der Waals surface area (Å²) in [6.07, 6.45) is 4.35. The van der Waals surface area contributed by atoms with Gasteiger partial charge in [-0.05, 0) is 12.8 Å². The van der Waals surface area contributed by atoms with Crippen LogP contribution in [0.4, 0.5) is 0 Å². The summed E-state index contributed by atoms with van der Waals surface area (Å²) in [4.78, 5) is 11.3. The number of carbonyl (C=O) groups excluding carboxylic acids is 1. The Morgan fingerprint density at radius 1 is 1.53 bits per heavy atom. The third-order valence-corrected chi connectivity index (χ3v) is 2.28. The molecule has 0 saturated carbocycles. The predicted octanol–water partition coefficient (Wildman–Crippen LogP) is 1.40. The zero-order valence-corrected chi connectivity index (χ0v) is 9.71. The third-order valence-electron chi connectivity index (χ3n) is 2.28. The summed E-state index contributed by atoms with van der Waals surface area (Å²) in [5.74, 6) is 0.114. The zero-order valence-electron chi connectivity index (χ0n) is 9.71. The first-order valence-corrected chi connectivity index (χ1v) is 5.45. The van der Waals surface area contributed by atoms with Crippen LogP contribution in [0.3, 0.4) is 0 Å². The highest BCUT2D eigenvalue weighted by Crippen LogP contribution is 2.06. The smallest absolute Gasteiger partial charge is 0.220 e. The molecular formula is C11H19N3O. The Labute approximate surface area is 90.7 Å². The molecule has 15 heavy (non-hydrogen) atoms. The largest absolute Gasteiger partial charge is 0.352 e. The second-order valence-electron chi connectivity index (χ2n) is 3.65. The van der Waals surface area contributed by atoms with Crippen molar-refractivity contribution in [2.24, 2.45) is 7.05 Å². The molecule has 1 N–H and O–H groups in total. The molecule has 0 aromatic carbocycles. The lowest BCUT2D eigenvalue weighted by molar-refractivity contribution is -0.121. The van der Waals surface area contributed by atoms with E-state index in [0.29, 0.717) is 13.0 Å². The molecule has 0 aliphatic carbocycles. The van der Waals surface area contributed by atoms with Crippen molar-refractivity contribution in [3.8, 4) is 0 Å². The minimum absolute atomic E-state index is 0.114. The number of amides is 1. The maximum absolute atomic E-state index is 11.3. The number of carbonyl (C=O) groups is 1. The van der Waals surface area contributed by atoms with E-state index in [1.165, 1.54) is 0 Å². The molecule has 1 rings (SSSR count). The molecule has 1 heterocycles. The quantitative estimate of drug-likeness (QED) is 0.796. The van der Waals surface area contributed by atoms with Gasteiger partial charge in [-0.3, -0.25) is 9.48 Å². The molecular weight excluding hydrogens is 190 g/mol. The van der Waals surface area contributed by atoms with Crippen LogP contribution in [0.1, 0.15) is 37.9 Å². The first-order chi connectivity index (χ1) is 7.17. The number of aryl methyl sites for hydroxylation is 2. The van der Waals surface area contributed by atoms with Crippen LogP contribution >= 0.6 is 0 Å². The van der Waals surface area contributed by atoms with Gasteiger partial charge >= 0.3 is 0 Å². The molecule has 1 aromatic rings. The molecule has 0 unspecified atom stereocenters. The number of hydrogen-bond donors (Lipinski definition) is 1. The average Bonchev–Trinajstić information content (AvgIpc) is 2.56. The van der Waals surface area contributed by atoms with Gasteiger partial charge in [0.15, 0.2) is 0 Å². The Morgan fingerprint density at radius 2 is 2.27 bits per heavy atom. The lowest BCUT2D eigenvalue weighted by Gasteiger charge is -2.03. The van der Waals surface area contributed by atoms with E-state index < -0.39 is 0 Å². The van der Waals surface area contributed by atoms with Crippen LogP contribution < -0.4 is 5.32 Å². The maximum Gasteiger partial charge on any atom is 0.220 e. The van der Waals surface area contributed by atoms with Crippen molar-refractivity contribution in [3.05, 3.63) is 17.5 Å². The number of hydrogen-bond acceptors (Lipinski definition) is 2. The van der Waals surface area contributed by atoms with E-state index in [1.807, 2.05) is 20.2 Å². The van der Waals surface area contributed by atoms with Crippen molar-refractivity contribution in [3.63, 3.8) is 0 Å². The molecule has 4 nitrogen and oxygen atoms in total. The van der Waals surface area contributed by atoms with Crippen LogP contribution in [-0.2, 0) is 24.8 Å². The number of rotatable bonds is 5. The summed E-state index contributed by atoms with van der Waals surface area (Å²) in [6, 6.07) is 0. The summed E-state index contributed by atoms with van der Waals surface area (Å²) >= 11 is 0. The molecule has 0 atom stereocenters. The highest BCUT2D eigenvalue weighted by molar-refractivity contribution is 5.75. The lowest BCUT2D eigenvalue weighted by Crippen LogP contribution is -2.22. The Morgan fingerprint density at radius 3 is 2.87 bits per heavy atom. The van der Waals surface area contributed by atoms with Crippen LogP contribution in [0.15, 0.2) is 6.20 Å². The summed E-state index contributed by atoms with van der Waals surface area (Å²) in [5, 5.41) is 7.21. The molecule has 0 saturated heterocycles. The number of nitrogens with zero attached hydrogens (tertiary/aromatic N) is 2. The van der Waals surface area contributed by atoms with Gasteiger partial charge in [0.05, 0.1) is 5.69 Å². The molecule has 1 aromatic heterocycles. The fraction of sp³-hybridized carbons (Fsp3) is 0.636. The first kappa shape index (κ1) is 11.8. The summed E-state index contributed by atoms with van der Waals surface area (Å²) in [6.45, 7) is 4.66. The molecule has 0 radical (unpaired) electrons. The predicted molar refractivity (Wildman–Crippen MR) is 59.3 cm³/mol. The van der Waals surface area contributed by atoms with Gasteiger partial charge in [-0.1, -0.05) is 13.8 Å². The molecule has 0 aliphatic heterocycles. The Balaban J connectivity index is 2.52.